The molecule has 0 saturated carbocycles. The van der Waals surface area contributed by atoms with Gasteiger partial charge in [-0.15, -0.1) is 11.8 Å². The summed E-state index contributed by atoms with van der Waals surface area (Å²) in [7, 11) is 0. The maximum Gasteiger partial charge on any atom is 0.0687 e. The molecule has 1 nitrogen and oxygen atoms in total. The topological polar surface area (TPSA) is 3.24 Å². The van der Waals surface area contributed by atoms with Crippen molar-refractivity contribution in [3.63, 3.8) is 0 Å². The third kappa shape index (κ3) is 1.83. The molecule has 70 valence electrons. The molecule has 0 radical (unpaired) electrons. The summed E-state index contributed by atoms with van der Waals surface area (Å²) in [5.41, 5.74) is 1.42. The highest BCUT2D eigenvalue weighted by molar-refractivity contribution is 7.99. The van der Waals surface area contributed by atoms with Crippen molar-refractivity contribution in [2.24, 2.45) is 5.92 Å². The second kappa shape index (κ2) is 3.62. The number of anilines is 1. The van der Waals surface area contributed by atoms with E-state index in [1.54, 1.807) is 0 Å². The Balaban J connectivity index is 2.18. The van der Waals surface area contributed by atoms with Gasteiger partial charge in [0.1, 0.15) is 0 Å². The normalized spacial score (nSPS) is 15.2. The lowest BCUT2D eigenvalue weighted by Gasteiger charge is -2.20. The fourth-order valence-corrected chi connectivity index (χ4v) is 2.71. The molecule has 0 N–H and O–H groups in total. The first-order chi connectivity index (χ1) is 6.27. The Labute approximate surface area is 84.1 Å². The smallest absolute Gasteiger partial charge is 0.0687 e. The summed E-state index contributed by atoms with van der Waals surface area (Å²) in [6, 6.07) is 8.67. The summed E-state index contributed by atoms with van der Waals surface area (Å²) in [6.07, 6.45) is 0. The Hall–Kier alpha value is -0.630. The number of hydrogen-bond donors (Lipinski definition) is 0. The minimum atomic E-state index is 0.742. The number of benzene rings is 1. The van der Waals surface area contributed by atoms with Crippen LogP contribution < -0.4 is 4.90 Å². The maximum atomic E-state index is 2.46. The molecule has 0 bridgehead atoms. The number of thioether (sulfide) groups is 1. The SMILES string of the molecule is CC(C)CN1CSc2ccccc21. The molecule has 0 aromatic heterocycles. The van der Waals surface area contributed by atoms with Gasteiger partial charge < -0.3 is 4.90 Å². The van der Waals surface area contributed by atoms with Gasteiger partial charge >= 0.3 is 0 Å². The molecule has 0 atom stereocenters. The van der Waals surface area contributed by atoms with Crippen molar-refractivity contribution in [3.05, 3.63) is 24.3 Å². The Morgan fingerprint density at radius 3 is 2.92 bits per heavy atom. The highest BCUT2D eigenvalue weighted by atomic mass is 32.2. The highest BCUT2D eigenvalue weighted by Gasteiger charge is 2.18. The van der Waals surface area contributed by atoms with Gasteiger partial charge in [-0.3, -0.25) is 0 Å². The van der Waals surface area contributed by atoms with E-state index in [-0.39, 0.29) is 0 Å². The zero-order valence-electron chi connectivity index (χ0n) is 8.16. The molecule has 13 heavy (non-hydrogen) atoms. The second-order valence-corrected chi connectivity index (χ2v) is 4.84. The molecular formula is C11H15NS. The standard InChI is InChI=1S/C11H15NS/c1-9(2)7-12-8-13-11-6-4-3-5-10(11)12/h3-6,9H,7-8H2,1-2H3. The fourth-order valence-electron chi connectivity index (χ4n) is 1.65. The van der Waals surface area contributed by atoms with E-state index in [0.29, 0.717) is 0 Å². The molecule has 0 fully saturated rings. The zero-order valence-corrected chi connectivity index (χ0v) is 8.97. The lowest BCUT2D eigenvalue weighted by atomic mass is 10.2. The zero-order chi connectivity index (χ0) is 9.26. The van der Waals surface area contributed by atoms with Gasteiger partial charge in [0, 0.05) is 11.4 Å². The molecule has 1 aliphatic rings. The summed E-state index contributed by atoms with van der Waals surface area (Å²) in [5.74, 6) is 1.86. The number of para-hydroxylation sites is 1. The summed E-state index contributed by atoms with van der Waals surface area (Å²) in [5, 5.41) is 0. The molecule has 0 unspecified atom stereocenters. The van der Waals surface area contributed by atoms with Crippen molar-refractivity contribution in [2.45, 2.75) is 18.7 Å². The quantitative estimate of drug-likeness (QED) is 0.709. The minimum Gasteiger partial charge on any atom is -0.361 e. The van der Waals surface area contributed by atoms with E-state index in [9.17, 15) is 0 Å². The van der Waals surface area contributed by atoms with Gasteiger partial charge in [-0.05, 0) is 18.1 Å². The van der Waals surface area contributed by atoms with Crippen molar-refractivity contribution in [1.82, 2.24) is 0 Å². The van der Waals surface area contributed by atoms with E-state index in [0.717, 1.165) is 11.8 Å². The van der Waals surface area contributed by atoms with Crippen LogP contribution in [0.25, 0.3) is 0 Å². The monoisotopic (exact) mass is 193 g/mol. The van der Waals surface area contributed by atoms with Crippen molar-refractivity contribution in [2.75, 3.05) is 17.3 Å². The Bertz CT molecular complexity index is 296. The highest BCUT2D eigenvalue weighted by Crippen LogP contribution is 2.38. The Morgan fingerprint density at radius 2 is 2.15 bits per heavy atom. The first-order valence-electron chi connectivity index (χ1n) is 4.74. The lowest BCUT2D eigenvalue weighted by Crippen LogP contribution is -2.23. The molecule has 1 aromatic rings. The van der Waals surface area contributed by atoms with E-state index < -0.39 is 0 Å². The van der Waals surface area contributed by atoms with Crippen LogP contribution in [0.15, 0.2) is 29.2 Å². The van der Waals surface area contributed by atoms with E-state index in [1.165, 1.54) is 17.1 Å². The van der Waals surface area contributed by atoms with Crippen LogP contribution in [-0.2, 0) is 0 Å². The lowest BCUT2D eigenvalue weighted by molar-refractivity contribution is 0.635. The first kappa shape index (κ1) is 8.95. The van der Waals surface area contributed by atoms with Crippen LogP contribution in [0, 0.1) is 5.92 Å². The van der Waals surface area contributed by atoms with Crippen molar-refractivity contribution < 1.29 is 0 Å². The molecule has 0 amide bonds. The second-order valence-electron chi connectivity index (χ2n) is 3.86. The van der Waals surface area contributed by atoms with Crippen molar-refractivity contribution in [1.29, 1.82) is 0 Å². The van der Waals surface area contributed by atoms with Gasteiger partial charge in [-0.2, -0.15) is 0 Å². The van der Waals surface area contributed by atoms with E-state index in [4.69, 9.17) is 0 Å². The van der Waals surface area contributed by atoms with Gasteiger partial charge in [0.05, 0.1) is 11.6 Å². The number of rotatable bonds is 2. The molecule has 2 rings (SSSR count). The van der Waals surface area contributed by atoms with E-state index >= 15 is 0 Å². The first-order valence-corrected chi connectivity index (χ1v) is 5.72. The van der Waals surface area contributed by atoms with Gasteiger partial charge in [-0.25, -0.2) is 0 Å². The molecular weight excluding hydrogens is 178 g/mol. The third-order valence-electron chi connectivity index (χ3n) is 2.17. The van der Waals surface area contributed by atoms with Crippen LogP contribution in [-0.4, -0.2) is 12.4 Å². The summed E-state index contributed by atoms with van der Waals surface area (Å²) >= 11 is 1.94. The van der Waals surface area contributed by atoms with Gasteiger partial charge in [-0.1, -0.05) is 26.0 Å². The van der Waals surface area contributed by atoms with Gasteiger partial charge in [0.2, 0.25) is 0 Å². The Morgan fingerprint density at radius 1 is 1.38 bits per heavy atom. The average Bonchev–Trinajstić information content (AvgIpc) is 2.48. The van der Waals surface area contributed by atoms with Crippen LogP contribution in [0.5, 0.6) is 0 Å². The van der Waals surface area contributed by atoms with Crippen LogP contribution in [0.3, 0.4) is 0 Å². The minimum absolute atomic E-state index is 0.742. The van der Waals surface area contributed by atoms with Crippen molar-refractivity contribution in [3.8, 4) is 0 Å². The Kier molecular flexibility index (Phi) is 2.49. The molecule has 1 heterocycles. The molecule has 0 spiro atoms. The largest absolute Gasteiger partial charge is 0.361 e. The fraction of sp³-hybridized carbons (Fsp3) is 0.455. The summed E-state index contributed by atoms with van der Waals surface area (Å²) < 4.78 is 0. The predicted octanol–water partition coefficient (Wildman–Crippen LogP) is 3.21. The van der Waals surface area contributed by atoms with Crippen LogP contribution in [0.1, 0.15) is 13.8 Å². The van der Waals surface area contributed by atoms with Crippen molar-refractivity contribution >= 4 is 17.4 Å². The summed E-state index contributed by atoms with van der Waals surface area (Å²) in [4.78, 5) is 3.90. The number of hydrogen-bond acceptors (Lipinski definition) is 2. The maximum absolute atomic E-state index is 2.46. The van der Waals surface area contributed by atoms with Crippen LogP contribution in [0.2, 0.25) is 0 Å². The van der Waals surface area contributed by atoms with Gasteiger partial charge in [0.25, 0.3) is 0 Å². The molecule has 2 heteroatoms. The van der Waals surface area contributed by atoms with Crippen LogP contribution >= 0.6 is 11.8 Å². The number of nitrogens with zero attached hydrogens (tertiary/aromatic N) is 1. The summed E-state index contributed by atoms with van der Waals surface area (Å²) in [6.45, 7) is 5.71. The van der Waals surface area contributed by atoms with Crippen LogP contribution in [0.4, 0.5) is 5.69 Å². The average molecular weight is 193 g/mol. The van der Waals surface area contributed by atoms with E-state index in [1.807, 2.05) is 11.8 Å². The predicted molar refractivity (Wildman–Crippen MR) is 59.4 cm³/mol. The molecule has 0 aliphatic carbocycles. The molecule has 0 saturated heterocycles. The molecule has 1 aliphatic heterocycles. The molecule has 1 aromatic carbocycles. The third-order valence-corrected chi connectivity index (χ3v) is 3.26. The van der Waals surface area contributed by atoms with Gasteiger partial charge in [0.15, 0.2) is 0 Å². The number of fused-ring (bicyclic) bond motifs is 1. The van der Waals surface area contributed by atoms with E-state index in [2.05, 4.69) is 43.0 Å².